The van der Waals surface area contributed by atoms with Gasteiger partial charge in [-0.3, -0.25) is 9.59 Å². The maximum atomic E-state index is 14.3. The number of nitrogens with zero attached hydrogens (tertiary/aromatic N) is 4. The summed E-state index contributed by atoms with van der Waals surface area (Å²) in [5.74, 6) is -3.50. The van der Waals surface area contributed by atoms with E-state index in [1.807, 2.05) is 0 Å². The Kier molecular flexibility index (Phi) is 7.66. The minimum atomic E-state index is -4.97. The Hall–Kier alpha value is -4.04. The largest absolute Gasteiger partial charge is 0.573 e. The molecule has 0 saturated heterocycles. The molecule has 0 aliphatic rings. The molecular formula is C20H18F6N6O3. The summed E-state index contributed by atoms with van der Waals surface area (Å²) in [4.78, 5) is 23.9. The summed E-state index contributed by atoms with van der Waals surface area (Å²) in [5, 5.41) is 9.44. The number of carbonyl (C=O) groups is 1. The van der Waals surface area contributed by atoms with Crippen molar-refractivity contribution in [3.63, 3.8) is 0 Å². The Labute approximate surface area is 193 Å². The summed E-state index contributed by atoms with van der Waals surface area (Å²) in [6, 6.07) is 3.50. The van der Waals surface area contributed by atoms with E-state index in [9.17, 15) is 35.9 Å². The number of hydrogen-bond acceptors (Lipinski definition) is 6. The molecule has 0 aliphatic carbocycles. The smallest absolute Gasteiger partial charge is 0.406 e. The van der Waals surface area contributed by atoms with Gasteiger partial charge in [0.05, 0.1) is 18.4 Å². The van der Waals surface area contributed by atoms with Crippen LogP contribution in [0.2, 0.25) is 0 Å². The average Bonchev–Trinajstić information content (AvgIpc) is 3.24. The number of nitrogens with one attached hydrogen (secondary N) is 1. The minimum Gasteiger partial charge on any atom is -0.406 e. The summed E-state index contributed by atoms with van der Waals surface area (Å²) in [7, 11) is 0. The van der Waals surface area contributed by atoms with E-state index in [0.29, 0.717) is 0 Å². The van der Waals surface area contributed by atoms with Crippen molar-refractivity contribution < 1.29 is 35.9 Å². The van der Waals surface area contributed by atoms with Crippen molar-refractivity contribution in [3.05, 3.63) is 69.9 Å². The molecule has 0 bridgehead atoms. The molecule has 3 aromatic rings. The normalized spacial score (nSPS) is 12.4. The van der Waals surface area contributed by atoms with Gasteiger partial charge in [0.2, 0.25) is 5.82 Å². The number of benzene rings is 1. The fourth-order valence-electron chi connectivity index (χ4n) is 2.95. The van der Waals surface area contributed by atoms with Crippen LogP contribution in [-0.2, 0) is 19.6 Å². The molecule has 0 aliphatic heterocycles. The van der Waals surface area contributed by atoms with E-state index in [0.717, 1.165) is 33.6 Å². The summed E-state index contributed by atoms with van der Waals surface area (Å²) < 4.78 is 84.4. The van der Waals surface area contributed by atoms with Crippen LogP contribution in [0.4, 0.5) is 32.0 Å². The number of rotatable bonds is 9. The number of hydrogen-bond donors (Lipinski definition) is 2. The van der Waals surface area contributed by atoms with E-state index < -0.39 is 47.9 Å². The molecule has 0 fully saturated rings. The van der Waals surface area contributed by atoms with Crippen LogP contribution in [-0.4, -0.2) is 38.0 Å². The third kappa shape index (κ3) is 6.97. The van der Waals surface area contributed by atoms with E-state index in [2.05, 4.69) is 20.4 Å². The van der Waals surface area contributed by atoms with Gasteiger partial charge < -0.3 is 20.4 Å². The van der Waals surface area contributed by atoms with Crippen LogP contribution in [0, 0.1) is 11.6 Å². The first-order valence-corrected chi connectivity index (χ1v) is 9.94. The highest BCUT2D eigenvalue weighted by Crippen LogP contribution is 2.24. The van der Waals surface area contributed by atoms with Crippen LogP contribution >= 0.6 is 0 Å². The molecule has 2 heterocycles. The number of nitrogen functional groups attached to an aromatic ring is 1. The molecule has 0 radical (unpaired) electrons. The maximum Gasteiger partial charge on any atom is 0.573 e. The molecule has 3 rings (SSSR count). The lowest BCUT2D eigenvalue weighted by molar-refractivity contribution is -0.274. The molecule has 188 valence electrons. The fourth-order valence-corrected chi connectivity index (χ4v) is 2.95. The lowest BCUT2D eigenvalue weighted by atomic mass is 10.2. The zero-order valence-electron chi connectivity index (χ0n) is 17.7. The first-order valence-electron chi connectivity index (χ1n) is 9.94. The molecule has 0 saturated carbocycles. The lowest BCUT2D eigenvalue weighted by Gasteiger charge is -2.11. The van der Waals surface area contributed by atoms with Gasteiger partial charge in [0.25, 0.3) is 11.5 Å². The minimum absolute atomic E-state index is 0.137. The summed E-state index contributed by atoms with van der Waals surface area (Å²) in [6.45, 7) is -0.953. The quantitative estimate of drug-likeness (QED) is 0.433. The van der Waals surface area contributed by atoms with Crippen molar-refractivity contribution in [2.45, 2.75) is 38.6 Å². The highest BCUT2D eigenvalue weighted by atomic mass is 19.4. The zero-order valence-corrected chi connectivity index (χ0v) is 17.7. The van der Waals surface area contributed by atoms with E-state index in [-0.39, 0.29) is 36.5 Å². The van der Waals surface area contributed by atoms with E-state index in [1.165, 1.54) is 12.3 Å². The van der Waals surface area contributed by atoms with Gasteiger partial charge in [0, 0.05) is 24.8 Å². The molecule has 35 heavy (non-hydrogen) atoms. The number of alkyl halides is 4. The number of halogens is 6. The predicted molar refractivity (Wildman–Crippen MR) is 109 cm³/mol. The molecule has 0 spiro atoms. The van der Waals surface area contributed by atoms with Gasteiger partial charge in [0.1, 0.15) is 17.7 Å². The SMILES string of the molecule is Nc1ccn(CCC(F)Cn2cc(C(=O)NCc3cc(OC(F)(F)F)ccc3F)nn2)c(=O)c1F. The predicted octanol–water partition coefficient (Wildman–Crippen LogP) is 2.56. The summed E-state index contributed by atoms with van der Waals surface area (Å²) >= 11 is 0. The maximum absolute atomic E-state index is 14.3. The first-order chi connectivity index (χ1) is 16.4. The second kappa shape index (κ2) is 10.5. The van der Waals surface area contributed by atoms with Crippen LogP contribution in [0.3, 0.4) is 0 Å². The summed E-state index contributed by atoms with van der Waals surface area (Å²) in [6.07, 6.45) is -4.34. The lowest BCUT2D eigenvalue weighted by Crippen LogP contribution is -2.25. The van der Waals surface area contributed by atoms with Crippen molar-refractivity contribution in [2.24, 2.45) is 0 Å². The Morgan fingerprint density at radius 1 is 1.23 bits per heavy atom. The number of anilines is 1. The van der Waals surface area contributed by atoms with Gasteiger partial charge in [-0.1, -0.05) is 5.21 Å². The van der Waals surface area contributed by atoms with Crippen molar-refractivity contribution >= 4 is 11.6 Å². The van der Waals surface area contributed by atoms with Crippen LogP contribution in [0.25, 0.3) is 0 Å². The van der Waals surface area contributed by atoms with Crippen molar-refractivity contribution in [1.82, 2.24) is 24.9 Å². The fraction of sp³-hybridized carbons (Fsp3) is 0.300. The van der Waals surface area contributed by atoms with Crippen molar-refractivity contribution in [3.8, 4) is 5.75 Å². The zero-order chi connectivity index (χ0) is 25.8. The van der Waals surface area contributed by atoms with Crippen LogP contribution < -0.4 is 21.3 Å². The number of pyridine rings is 1. The molecular weight excluding hydrogens is 486 g/mol. The van der Waals surface area contributed by atoms with Gasteiger partial charge in [0.15, 0.2) is 5.69 Å². The third-order valence-corrected chi connectivity index (χ3v) is 4.67. The van der Waals surface area contributed by atoms with Crippen LogP contribution in [0.15, 0.2) is 41.5 Å². The second-order valence-corrected chi connectivity index (χ2v) is 7.28. The number of aromatic nitrogens is 4. The molecule has 1 atom stereocenters. The molecule has 1 unspecified atom stereocenters. The number of amides is 1. The second-order valence-electron chi connectivity index (χ2n) is 7.28. The van der Waals surface area contributed by atoms with Crippen molar-refractivity contribution in [1.29, 1.82) is 0 Å². The Bertz CT molecular complexity index is 1260. The molecule has 15 heteroatoms. The molecule has 2 aromatic heterocycles. The Morgan fingerprint density at radius 3 is 2.69 bits per heavy atom. The third-order valence-electron chi connectivity index (χ3n) is 4.67. The topological polar surface area (TPSA) is 117 Å². The van der Waals surface area contributed by atoms with E-state index in [1.54, 1.807) is 0 Å². The van der Waals surface area contributed by atoms with Gasteiger partial charge in [-0.25, -0.2) is 13.5 Å². The number of aryl methyl sites for hydroxylation is 1. The molecule has 1 amide bonds. The highest BCUT2D eigenvalue weighted by molar-refractivity contribution is 5.91. The van der Waals surface area contributed by atoms with Crippen LogP contribution in [0.5, 0.6) is 5.75 Å². The highest BCUT2D eigenvalue weighted by Gasteiger charge is 2.31. The summed E-state index contributed by atoms with van der Waals surface area (Å²) in [5.41, 5.74) is 3.46. The van der Waals surface area contributed by atoms with Crippen LogP contribution in [0.1, 0.15) is 22.5 Å². The van der Waals surface area contributed by atoms with Gasteiger partial charge >= 0.3 is 6.36 Å². The number of ether oxygens (including phenoxy) is 1. The average molecular weight is 504 g/mol. The van der Waals surface area contributed by atoms with Gasteiger partial charge in [-0.2, -0.15) is 4.39 Å². The van der Waals surface area contributed by atoms with Gasteiger partial charge in [-0.05, 0) is 30.7 Å². The molecule has 1 aromatic carbocycles. The first kappa shape index (κ1) is 25.6. The van der Waals surface area contributed by atoms with Gasteiger partial charge in [-0.15, -0.1) is 18.3 Å². The Morgan fingerprint density at radius 2 is 1.97 bits per heavy atom. The molecule has 3 N–H and O–H groups in total. The number of carbonyl (C=O) groups excluding carboxylic acids is 1. The molecule has 9 nitrogen and oxygen atoms in total. The van der Waals surface area contributed by atoms with E-state index in [4.69, 9.17) is 5.73 Å². The number of nitrogens with two attached hydrogens (primary N) is 1. The monoisotopic (exact) mass is 504 g/mol. The Balaban J connectivity index is 1.54. The van der Waals surface area contributed by atoms with Crippen molar-refractivity contribution in [2.75, 3.05) is 5.73 Å². The standard InChI is InChI=1S/C20H18F6N6O3/c21-12(3-5-31-6-4-15(27)17(23)19(31)34)9-32-10-16(29-30-32)18(33)28-8-11-7-13(1-2-14(11)22)35-20(24,25)26/h1-2,4,6-7,10,12H,3,5,8-9,27H2,(H,28,33). The van der Waals surface area contributed by atoms with E-state index >= 15 is 0 Å².